The Kier molecular flexibility index (Phi) is 2.52. The van der Waals surface area contributed by atoms with Gasteiger partial charge in [-0.2, -0.15) is 0 Å². The molecule has 1 aliphatic rings. The summed E-state index contributed by atoms with van der Waals surface area (Å²) in [4.78, 5) is 2.26. The molecule has 3 heteroatoms. The molecule has 0 unspecified atom stereocenters. The smallest absolute Gasteiger partial charge is 0.0445 e. The minimum Gasteiger partial charge on any atom is -0.329 e. The number of benzene rings is 1. The Hall–Kier alpha value is -0.570. The van der Waals surface area contributed by atoms with Crippen molar-refractivity contribution in [2.24, 2.45) is 5.73 Å². The van der Waals surface area contributed by atoms with Gasteiger partial charge in [-0.3, -0.25) is 0 Å². The number of nitrogens with two attached hydrogens (primary N) is 1. The van der Waals surface area contributed by atoms with Gasteiger partial charge in [-0.1, -0.05) is 29.8 Å². The SMILES string of the molecule is CN1CC(CN)(c2ccccc2Cl)C1. The van der Waals surface area contributed by atoms with Crippen LogP contribution in [-0.4, -0.2) is 31.6 Å². The van der Waals surface area contributed by atoms with E-state index in [0.29, 0.717) is 6.54 Å². The van der Waals surface area contributed by atoms with Gasteiger partial charge in [0.15, 0.2) is 0 Å². The zero-order valence-corrected chi connectivity index (χ0v) is 9.09. The van der Waals surface area contributed by atoms with E-state index in [1.807, 2.05) is 18.2 Å². The number of hydrogen-bond acceptors (Lipinski definition) is 2. The summed E-state index contributed by atoms with van der Waals surface area (Å²) < 4.78 is 0. The summed E-state index contributed by atoms with van der Waals surface area (Å²) in [6, 6.07) is 8.00. The molecule has 1 saturated heterocycles. The van der Waals surface area contributed by atoms with E-state index in [1.54, 1.807) is 0 Å². The molecule has 0 aromatic heterocycles. The van der Waals surface area contributed by atoms with Crippen LogP contribution in [0.5, 0.6) is 0 Å². The van der Waals surface area contributed by atoms with Crippen molar-refractivity contribution < 1.29 is 0 Å². The fraction of sp³-hybridized carbons (Fsp3) is 0.455. The minimum atomic E-state index is 0.0904. The lowest BCUT2D eigenvalue weighted by Gasteiger charge is -2.48. The topological polar surface area (TPSA) is 29.3 Å². The number of likely N-dealkylation sites (tertiary alicyclic amines) is 1. The van der Waals surface area contributed by atoms with E-state index in [-0.39, 0.29) is 5.41 Å². The highest BCUT2D eigenvalue weighted by Crippen LogP contribution is 2.36. The lowest BCUT2D eigenvalue weighted by atomic mass is 9.74. The zero-order chi connectivity index (χ0) is 10.2. The van der Waals surface area contributed by atoms with E-state index < -0.39 is 0 Å². The average Bonchev–Trinajstić information content (AvgIpc) is 2.14. The van der Waals surface area contributed by atoms with Gasteiger partial charge in [-0.15, -0.1) is 0 Å². The Morgan fingerprint density at radius 2 is 2.07 bits per heavy atom. The van der Waals surface area contributed by atoms with Gasteiger partial charge in [-0.25, -0.2) is 0 Å². The number of nitrogens with zero attached hydrogens (tertiary/aromatic N) is 1. The molecule has 0 spiro atoms. The van der Waals surface area contributed by atoms with Crippen LogP contribution in [0.25, 0.3) is 0 Å². The Balaban J connectivity index is 2.34. The van der Waals surface area contributed by atoms with E-state index in [1.165, 1.54) is 5.56 Å². The lowest BCUT2D eigenvalue weighted by Crippen LogP contribution is -2.61. The quantitative estimate of drug-likeness (QED) is 0.802. The maximum absolute atomic E-state index is 6.17. The number of likely N-dealkylation sites (N-methyl/N-ethyl adjacent to an activating group) is 1. The standard InChI is InChI=1S/C11H15ClN2/c1-14-7-11(6-13,8-14)9-4-2-3-5-10(9)12/h2-5H,6-8,13H2,1H3. The molecular formula is C11H15ClN2. The third kappa shape index (κ3) is 1.44. The molecule has 2 rings (SSSR count). The Bertz CT molecular complexity index is 332. The van der Waals surface area contributed by atoms with Gasteiger partial charge in [-0.05, 0) is 18.7 Å². The first-order valence-corrected chi connectivity index (χ1v) is 5.19. The summed E-state index contributed by atoms with van der Waals surface area (Å²) in [6.45, 7) is 2.68. The molecule has 0 amide bonds. The third-order valence-electron chi connectivity index (χ3n) is 2.98. The second-order valence-corrected chi connectivity index (χ2v) is 4.54. The minimum absolute atomic E-state index is 0.0904. The molecular weight excluding hydrogens is 196 g/mol. The van der Waals surface area contributed by atoms with Crippen LogP contribution in [-0.2, 0) is 5.41 Å². The molecule has 1 fully saturated rings. The molecule has 1 heterocycles. The number of hydrogen-bond donors (Lipinski definition) is 1. The van der Waals surface area contributed by atoms with Crippen LogP contribution in [0.3, 0.4) is 0 Å². The largest absolute Gasteiger partial charge is 0.329 e. The summed E-state index contributed by atoms with van der Waals surface area (Å²) >= 11 is 6.17. The molecule has 1 aromatic carbocycles. The highest BCUT2D eigenvalue weighted by atomic mass is 35.5. The summed E-state index contributed by atoms with van der Waals surface area (Å²) in [5, 5.41) is 0.839. The molecule has 1 aliphatic heterocycles. The predicted octanol–water partition coefficient (Wildman–Crippen LogP) is 1.48. The van der Waals surface area contributed by atoms with Crippen molar-refractivity contribution in [1.29, 1.82) is 0 Å². The van der Waals surface area contributed by atoms with Gasteiger partial charge in [0.25, 0.3) is 0 Å². The van der Waals surface area contributed by atoms with Crippen molar-refractivity contribution in [2.45, 2.75) is 5.41 Å². The maximum atomic E-state index is 6.17. The van der Waals surface area contributed by atoms with Gasteiger partial charge in [0, 0.05) is 30.1 Å². The highest BCUT2D eigenvalue weighted by molar-refractivity contribution is 6.31. The molecule has 0 aliphatic carbocycles. The molecule has 14 heavy (non-hydrogen) atoms. The zero-order valence-electron chi connectivity index (χ0n) is 8.33. The van der Waals surface area contributed by atoms with E-state index >= 15 is 0 Å². The molecule has 1 aromatic rings. The Morgan fingerprint density at radius 1 is 1.43 bits per heavy atom. The van der Waals surface area contributed by atoms with Crippen LogP contribution in [0, 0.1) is 0 Å². The van der Waals surface area contributed by atoms with E-state index in [9.17, 15) is 0 Å². The second kappa shape index (κ2) is 3.54. The van der Waals surface area contributed by atoms with Gasteiger partial charge < -0.3 is 10.6 Å². The van der Waals surface area contributed by atoms with Gasteiger partial charge in [0.05, 0.1) is 0 Å². The fourth-order valence-electron chi connectivity index (χ4n) is 2.29. The van der Waals surface area contributed by atoms with Crippen LogP contribution >= 0.6 is 11.6 Å². The molecule has 0 atom stereocenters. The molecule has 0 saturated carbocycles. The van der Waals surface area contributed by atoms with Gasteiger partial charge >= 0.3 is 0 Å². The lowest BCUT2D eigenvalue weighted by molar-refractivity contribution is 0.100. The van der Waals surface area contributed by atoms with Crippen LogP contribution < -0.4 is 5.73 Å². The van der Waals surface area contributed by atoms with Crippen molar-refractivity contribution in [3.8, 4) is 0 Å². The summed E-state index contributed by atoms with van der Waals surface area (Å²) in [6.07, 6.45) is 0. The third-order valence-corrected chi connectivity index (χ3v) is 3.31. The second-order valence-electron chi connectivity index (χ2n) is 4.14. The van der Waals surface area contributed by atoms with Crippen molar-refractivity contribution >= 4 is 11.6 Å². The predicted molar refractivity (Wildman–Crippen MR) is 59.7 cm³/mol. The maximum Gasteiger partial charge on any atom is 0.0445 e. The van der Waals surface area contributed by atoms with Crippen LogP contribution in [0.15, 0.2) is 24.3 Å². The van der Waals surface area contributed by atoms with Crippen molar-refractivity contribution in [3.05, 3.63) is 34.9 Å². The Morgan fingerprint density at radius 3 is 2.57 bits per heavy atom. The number of halogens is 1. The summed E-state index contributed by atoms with van der Waals surface area (Å²) in [5.74, 6) is 0. The molecule has 76 valence electrons. The molecule has 2 N–H and O–H groups in total. The fourth-order valence-corrected chi connectivity index (χ4v) is 2.62. The van der Waals surface area contributed by atoms with Crippen LogP contribution in [0.1, 0.15) is 5.56 Å². The van der Waals surface area contributed by atoms with E-state index in [0.717, 1.165) is 18.1 Å². The van der Waals surface area contributed by atoms with Crippen LogP contribution in [0.2, 0.25) is 5.02 Å². The molecule has 0 bridgehead atoms. The first kappa shape index (κ1) is 9.97. The summed E-state index contributed by atoms with van der Waals surface area (Å²) in [7, 11) is 2.10. The van der Waals surface area contributed by atoms with E-state index in [4.69, 9.17) is 17.3 Å². The summed E-state index contributed by atoms with van der Waals surface area (Å²) in [5.41, 5.74) is 7.13. The van der Waals surface area contributed by atoms with E-state index in [2.05, 4.69) is 18.0 Å². The monoisotopic (exact) mass is 210 g/mol. The first-order valence-electron chi connectivity index (χ1n) is 4.81. The molecule has 2 nitrogen and oxygen atoms in total. The van der Waals surface area contributed by atoms with Gasteiger partial charge in [0.2, 0.25) is 0 Å². The average molecular weight is 211 g/mol. The van der Waals surface area contributed by atoms with Crippen LogP contribution in [0.4, 0.5) is 0 Å². The van der Waals surface area contributed by atoms with Crippen molar-refractivity contribution in [3.63, 3.8) is 0 Å². The first-order chi connectivity index (χ1) is 6.68. The van der Waals surface area contributed by atoms with Crippen molar-refractivity contribution in [2.75, 3.05) is 26.7 Å². The number of rotatable bonds is 2. The van der Waals surface area contributed by atoms with Gasteiger partial charge in [0.1, 0.15) is 0 Å². The van der Waals surface area contributed by atoms with Crippen molar-refractivity contribution in [1.82, 2.24) is 4.90 Å². The highest BCUT2D eigenvalue weighted by Gasteiger charge is 2.42. The Labute approximate surface area is 89.7 Å². The molecule has 0 radical (unpaired) electrons. The normalized spacial score (nSPS) is 20.5.